The van der Waals surface area contributed by atoms with Crippen molar-refractivity contribution >= 4 is 19.9 Å². The van der Waals surface area contributed by atoms with Gasteiger partial charge in [-0.3, -0.25) is 0 Å². The summed E-state index contributed by atoms with van der Waals surface area (Å²) in [6, 6.07) is 0.0126. The molecule has 2 rings (SSSR count). The van der Waals surface area contributed by atoms with Crippen LogP contribution in [0.5, 0.6) is 0 Å². The summed E-state index contributed by atoms with van der Waals surface area (Å²) in [7, 11) is -6.42. The Labute approximate surface area is 115 Å². The molecule has 0 spiro atoms. The van der Waals surface area contributed by atoms with Gasteiger partial charge in [-0.25, -0.2) is 21.1 Å². The van der Waals surface area contributed by atoms with Crippen molar-refractivity contribution in [2.24, 2.45) is 0 Å². The van der Waals surface area contributed by atoms with Crippen molar-refractivity contribution in [3.63, 3.8) is 0 Å². The maximum Gasteiger partial charge on any atom is 0.215 e. The quantitative estimate of drug-likeness (QED) is 0.765. The molecule has 8 heteroatoms. The average Bonchev–Trinajstić information content (AvgIpc) is 2.51. The Hall–Kier alpha value is -0.180. The summed E-state index contributed by atoms with van der Waals surface area (Å²) in [4.78, 5) is 0. The SMILES string of the molecule is O=S1(=O)CCCN(S(=O)(=O)CC2CCCCN2)CC1. The van der Waals surface area contributed by atoms with Crippen LogP contribution in [0.3, 0.4) is 0 Å². The fourth-order valence-corrected chi connectivity index (χ4v) is 5.79. The topological polar surface area (TPSA) is 83.6 Å². The Kier molecular flexibility index (Phi) is 4.86. The number of nitrogens with one attached hydrogen (secondary N) is 1. The number of sulfonamides is 1. The van der Waals surface area contributed by atoms with Crippen LogP contribution in [0.4, 0.5) is 0 Å². The molecule has 1 atom stereocenters. The van der Waals surface area contributed by atoms with Gasteiger partial charge in [0.2, 0.25) is 10.0 Å². The van der Waals surface area contributed by atoms with Crippen LogP contribution < -0.4 is 5.32 Å². The zero-order chi connectivity index (χ0) is 13.9. The maximum absolute atomic E-state index is 12.3. The fourth-order valence-electron chi connectivity index (χ4n) is 2.62. The van der Waals surface area contributed by atoms with Crippen molar-refractivity contribution in [2.45, 2.75) is 31.7 Å². The lowest BCUT2D eigenvalue weighted by Gasteiger charge is -2.26. The van der Waals surface area contributed by atoms with Crippen LogP contribution in [0.1, 0.15) is 25.7 Å². The van der Waals surface area contributed by atoms with E-state index in [1.807, 2.05) is 0 Å². The van der Waals surface area contributed by atoms with Crippen molar-refractivity contribution in [3.05, 3.63) is 0 Å². The van der Waals surface area contributed by atoms with Crippen molar-refractivity contribution in [1.29, 1.82) is 0 Å². The molecule has 0 aliphatic carbocycles. The zero-order valence-electron chi connectivity index (χ0n) is 11.0. The second-order valence-electron chi connectivity index (χ2n) is 5.33. The van der Waals surface area contributed by atoms with Crippen molar-refractivity contribution in [1.82, 2.24) is 9.62 Å². The lowest BCUT2D eigenvalue weighted by atomic mass is 10.1. The molecule has 19 heavy (non-hydrogen) atoms. The van der Waals surface area contributed by atoms with E-state index in [0.29, 0.717) is 13.0 Å². The number of sulfone groups is 1. The number of nitrogens with zero attached hydrogens (tertiary/aromatic N) is 1. The first-order valence-electron chi connectivity index (χ1n) is 6.81. The molecule has 2 saturated heterocycles. The highest BCUT2D eigenvalue weighted by atomic mass is 32.2. The first-order chi connectivity index (χ1) is 8.89. The molecule has 0 aromatic heterocycles. The number of rotatable bonds is 3. The third-order valence-corrected chi connectivity index (χ3v) is 7.42. The largest absolute Gasteiger partial charge is 0.313 e. The molecule has 112 valence electrons. The molecule has 1 N–H and O–H groups in total. The van der Waals surface area contributed by atoms with Gasteiger partial charge in [0.15, 0.2) is 9.84 Å². The fraction of sp³-hybridized carbons (Fsp3) is 1.00. The lowest BCUT2D eigenvalue weighted by Crippen LogP contribution is -2.44. The van der Waals surface area contributed by atoms with E-state index >= 15 is 0 Å². The molecule has 1 unspecified atom stereocenters. The van der Waals surface area contributed by atoms with E-state index in [-0.39, 0.29) is 29.8 Å². The molecule has 0 radical (unpaired) electrons. The first kappa shape index (κ1) is 15.2. The van der Waals surface area contributed by atoms with Gasteiger partial charge in [-0.15, -0.1) is 0 Å². The van der Waals surface area contributed by atoms with E-state index in [2.05, 4.69) is 5.32 Å². The van der Waals surface area contributed by atoms with Gasteiger partial charge in [0.1, 0.15) is 0 Å². The Balaban J connectivity index is 1.98. The minimum atomic E-state index is -3.35. The van der Waals surface area contributed by atoms with Crippen LogP contribution in [0.25, 0.3) is 0 Å². The molecule has 0 aromatic rings. The number of hydrogen-bond donors (Lipinski definition) is 1. The van der Waals surface area contributed by atoms with Gasteiger partial charge in [-0.1, -0.05) is 6.42 Å². The molecule has 0 bridgehead atoms. The predicted octanol–water partition coefficient (Wildman–Crippen LogP) is -0.421. The third-order valence-electron chi connectivity index (χ3n) is 3.73. The molecule has 0 amide bonds. The Bertz CT molecular complexity index is 495. The summed E-state index contributed by atoms with van der Waals surface area (Å²) in [6.07, 6.45) is 3.44. The molecule has 6 nitrogen and oxygen atoms in total. The predicted molar refractivity (Wildman–Crippen MR) is 74.3 cm³/mol. The molecular formula is C11H22N2O4S2. The van der Waals surface area contributed by atoms with E-state index in [9.17, 15) is 16.8 Å². The van der Waals surface area contributed by atoms with Gasteiger partial charge >= 0.3 is 0 Å². The summed E-state index contributed by atoms with van der Waals surface area (Å²) in [5.74, 6) is 0.137. The summed E-state index contributed by atoms with van der Waals surface area (Å²) < 4.78 is 49.0. The van der Waals surface area contributed by atoms with Crippen LogP contribution in [0, 0.1) is 0 Å². The van der Waals surface area contributed by atoms with E-state index in [4.69, 9.17) is 0 Å². The Morgan fingerprint density at radius 1 is 1.11 bits per heavy atom. The van der Waals surface area contributed by atoms with Crippen LogP contribution in [0.15, 0.2) is 0 Å². The molecule has 2 aliphatic heterocycles. The Morgan fingerprint density at radius 3 is 2.58 bits per heavy atom. The van der Waals surface area contributed by atoms with Crippen LogP contribution in [-0.2, 0) is 19.9 Å². The van der Waals surface area contributed by atoms with Crippen molar-refractivity contribution < 1.29 is 16.8 Å². The number of hydrogen-bond acceptors (Lipinski definition) is 5. The lowest BCUT2D eigenvalue weighted by molar-refractivity contribution is 0.399. The molecule has 2 aliphatic rings. The van der Waals surface area contributed by atoms with E-state index in [1.165, 1.54) is 4.31 Å². The number of piperidine rings is 1. The highest BCUT2D eigenvalue weighted by Gasteiger charge is 2.30. The maximum atomic E-state index is 12.3. The third kappa shape index (κ3) is 4.40. The van der Waals surface area contributed by atoms with Gasteiger partial charge in [-0.2, -0.15) is 0 Å². The molecule has 2 fully saturated rings. The van der Waals surface area contributed by atoms with Crippen molar-refractivity contribution in [3.8, 4) is 0 Å². The first-order valence-corrected chi connectivity index (χ1v) is 10.2. The second-order valence-corrected chi connectivity index (χ2v) is 9.65. The normalized spacial score (nSPS) is 29.8. The van der Waals surface area contributed by atoms with Crippen LogP contribution >= 0.6 is 0 Å². The smallest absolute Gasteiger partial charge is 0.215 e. The van der Waals surface area contributed by atoms with Gasteiger partial charge < -0.3 is 5.32 Å². The summed E-state index contributed by atoms with van der Waals surface area (Å²) >= 11 is 0. The minimum Gasteiger partial charge on any atom is -0.313 e. The summed E-state index contributed by atoms with van der Waals surface area (Å²) in [5, 5.41) is 3.22. The molecule has 0 aromatic carbocycles. The zero-order valence-corrected chi connectivity index (χ0v) is 12.7. The highest BCUT2D eigenvalue weighted by molar-refractivity contribution is 7.91. The second kappa shape index (κ2) is 6.07. The van der Waals surface area contributed by atoms with Crippen LogP contribution in [0.2, 0.25) is 0 Å². The molecule has 0 saturated carbocycles. The summed E-state index contributed by atoms with van der Waals surface area (Å²) in [6.45, 7) is 1.31. The van der Waals surface area contributed by atoms with Crippen molar-refractivity contribution in [2.75, 3.05) is 36.9 Å². The van der Waals surface area contributed by atoms with Gasteiger partial charge in [0, 0.05) is 19.1 Å². The van der Waals surface area contributed by atoms with Gasteiger partial charge in [0.25, 0.3) is 0 Å². The highest BCUT2D eigenvalue weighted by Crippen LogP contribution is 2.14. The van der Waals surface area contributed by atoms with E-state index < -0.39 is 19.9 Å². The average molecular weight is 310 g/mol. The van der Waals surface area contributed by atoms with Crippen LogP contribution in [-0.4, -0.2) is 64.1 Å². The molecule has 2 heterocycles. The monoisotopic (exact) mass is 310 g/mol. The molecular weight excluding hydrogens is 288 g/mol. The van der Waals surface area contributed by atoms with E-state index in [0.717, 1.165) is 25.8 Å². The minimum absolute atomic E-state index is 0.0126. The van der Waals surface area contributed by atoms with E-state index in [1.54, 1.807) is 0 Å². The summed E-state index contributed by atoms with van der Waals surface area (Å²) in [5.41, 5.74) is 0. The Morgan fingerprint density at radius 2 is 1.89 bits per heavy atom. The van der Waals surface area contributed by atoms with Gasteiger partial charge in [0.05, 0.1) is 17.3 Å². The van der Waals surface area contributed by atoms with Gasteiger partial charge in [-0.05, 0) is 25.8 Å². The standard InChI is InChI=1S/C11H22N2O4S2/c14-18(15)8-3-6-13(7-9-18)19(16,17)10-11-4-1-2-5-12-11/h11-12H,1-10H2.